The number of ether oxygens (including phenoxy) is 1. The van der Waals surface area contributed by atoms with Crippen LogP contribution in [0.5, 0.6) is 5.75 Å². The fourth-order valence-electron chi connectivity index (χ4n) is 3.64. The zero-order valence-electron chi connectivity index (χ0n) is 18.7. The molecule has 1 fully saturated rings. The smallest absolute Gasteiger partial charge is 0.253 e. The Morgan fingerprint density at radius 2 is 1.75 bits per heavy atom. The second kappa shape index (κ2) is 11.8. The number of hydrogen-bond donors (Lipinski definition) is 3. The predicted molar refractivity (Wildman–Crippen MR) is 130 cm³/mol. The van der Waals surface area contributed by atoms with E-state index in [0.29, 0.717) is 22.0 Å². The highest BCUT2D eigenvalue weighted by Crippen LogP contribution is 2.23. The molecule has 0 bridgehead atoms. The SMILES string of the molecule is CCC(C)Oc1ccc(NC(=O)CNc2ccc(Cl)c(C(=O)NC3CCCCC3)c2)cc1. The van der Waals surface area contributed by atoms with E-state index in [0.717, 1.165) is 37.9 Å². The number of anilines is 2. The van der Waals surface area contributed by atoms with Crippen molar-refractivity contribution in [2.45, 2.75) is 64.5 Å². The second-order valence-corrected chi connectivity index (χ2v) is 8.67. The maximum absolute atomic E-state index is 12.7. The lowest BCUT2D eigenvalue weighted by molar-refractivity contribution is -0.114. The van der Waals surface area contributed by atoms with E-state index in [9.17, 15) is 9.59 Å². The minimum atomic E-state index is -0.191. The molecule has 32 heavy (non-hydrogen) atoms. The molecule has 0 aromatic heterocycles. The molecule has 172 valence electrons. The van der Waals surface area contributed by atoms with E-state index < -0.39 is 0 Å². The van der Waals surface area contributed by atoms with Gasteiger partial charge in [-0.25, -0.2) is 0 Å². The number of carbonyl (C=O) groups is 2. The largest absolute Gasteiger partial charge is 0.491 e. The third-order valence-electron chi connectivity index (χ3n) is 5.65. The van der Waals surface area contributed by atoms with Gasteiger partial charge in [0.1, 0.15) is 5.75 Å². The van der Waals surface area contributed by atoms with Gasteiger partial charge in [0.15, 0.2) is 0 Å². The van der Waals surface area contributed by atoms with Gasteiger partial charge >= 0.3 is 0 Å². The van der Waals surface area contributed by atoms with E-state index in [-0.39, 0.29) is 30.5 Å². The molecule has 0 heterocycles. The molecule has 2 amide bonds. The summed E-state index contributed by atoms with van der Waals surface area (Å²) in [7, 11) is 0. The summed E-state index contributed by atoms with van der Waals surface area (Å²) >= 11 is 6.25. The van der Waals surface area contributed by atoms with Crippen molar-refractivity contribution in [1.29, 1.82) is 0 Å². The van der Waals surface area contributed by atoms with Crippen LogP contribution >= 0.6 is 11.6 Å². The van der Waals surface area contributed by atoms with Crippen molar-refractivity contribution in [2.75, 3.05) is 17.2 Å². The van der Waals surface area contributed by atoms with Gasteiger partial charge in [-0.2, -0.15) is 0 Å². The monoisotopic (exact) mass is 457 g/mol. The van der Waals surface area contributed by atoms with Crippen molar-refractivity contribution < 1.29 is 14.3 Å². The Morgan fingerprint density at radius 1 is 1.06 bits per heavy atom. The Kier molecular flexibility index (Phi) is 8.80. The number of amides is 2. The van der Waals surface area contributed by atoms with Crippen molar-refractivity contribution >= 4 is 34.8 Å². The van der Waals surface area contributed by atoms with Gasteiger partial charge in [0, 0.05) is 17.4 Å². The van der Waals surface area contributed by atoms with Crippen LogP contribution < -0.4 is 20.7 Å². The topological polar surface area (TPSA) is 79.5 Å². The Bertz CT molecular complexity index is 911. The summed E-state index contributed by atoms with van der Waals surface area (Å²) in [5.41, 5.74) is 1.77. The Morgan fingerprint density at radius 3 is 2.44 bits per heavy atom. The summed E-state index contributed by atoms with van der Waals surface area (Å²) in [6.07, 6.45) is 6.60. The molecular weight excluding hydrogens is 426 g/mol. The highest BCUT2D eigenvalue weighted by Gasteiger charge is 2.18. The molecule has 6 nitrogen and oxygen atoms in total. The lowest BCUT2D eigenvalue weighted by Gasteiger charge is -2.23. The Labute approximate surface area is 195 Å². The molecule has 2 aromatic carbocycles. The van der Waals surface area contributed by atoms with Crippen LogP contribution in [-0.2, 0) is 4.79 Å². The van der Waals surface area contributed by atoms with Crippen LogP contribution in [0.25, 0.3) is 0 Å². The van der Waals surface area contributed by atoms with Crippen LogP contribution in [0.4, 0.5) is 11.4 Å². The zero-order valence-corrected chi connectivity index (χ0v) is 19.5. The molecule has 3 N–H and O–H groups in total. The van der Waals surface area contributed by atoms with Crippen molar-refractivity contribution in [3.8, 4) is 5.75 Å². The first-order chi connectivity index (χ1) is 15.4. The average molecular weight is 458 g/mol. The number of hydrogen-bond acceptors (Lipinski definition) is 4. The molecule has 0 radical (unpaired) electrons. The Balaban J connectivity index is 1.52. The molecule has 1 unspecified atom stereocenters. The number of rotatable bonds is 9. The van der Waals surface area contributed by atoms with Gasteiger partial charge in [0.2, 0.25) is 5.91 Å². The summed E-state index contributed by atoms with van der Waals surface area (Å²) in [4.78, 5) is 25.0. The van der Waals surface area contributed by atoms with Gasteiger partial charge in [-0.05, 0) is 68.7 Å². The van der Waals surface area contributed by atoms with E-state index in [2.05, 4.69) is 22.9 Å². The molecule has 7 heteroatoms. The molecule has 1 saturated carbocycles. The van der Waals surface area contributed by atoms with Crippen LogP contribution in [-0.4, -0.2) is 30.5 Å². The van der Waals surface area contributed by atoms with Crippen molar-refractivity contribution in [3.63, 3.8) is 0 Å². The molecular formula is C25H32ClN3O3. The van der Waals surface area contributed by atoms with Gasteiger partial charge < -0.3 is 20.7 Å². The van der Waals surface area contributed by atoms with Gasteiger partial charge in [0.25, 0.3) is 5.91 Å². The second-order valence-electron chi connectivity index (χ2n) is 8.27. The summed E-state index contributed by atoms with van der Waals surface area (Å²) in [6, 6.07) is 12.6. The summed E-state index contributed by atoms with van der Waals surface area (Å²) in [6.45, 7) is 4.15. The molecule has 1 aliphatic rings. The predicted octanol–water partition coefficient (Wildman–Crippen LogP) is 5.63. The van der Waals surface area contributed by atoms with Crippen LogP contribution in [0, 0.1) is 0 Å². The van der Waals surface area contributed by atoms with Gasteiger partial charge in [-0.1, -0.05) is 37.8 Å². The molecule has 0 saturated heterocycles. The number of benzene rings is 2. The highest BCUT2D eigenvalue weighted by atomic mass is 35.5. The summed E-state index contributed by atoms with van der Waals surface area (Å²) in [5.74, 6) is 0.411. The lowest BCUT2D eigenvalue weighted by atomic mass is 9.95. The standard InChI is InChI=1S/C25H32ClN3O3/c1-3-17(2)32-21-12-9-19(10-13-21)28-24(30)16-27-20-11-14-23(26)22(15-20)25(31)29-18-7-5-4-6-8-18/h9-15,17-18,27H,3-8,16H2,1-2H3,(H,28,30)(H,29,31). The first-order valence-electron chi connectivity index (χ1n) is 11.4. The fraction of sp³-hybridized carbons (Fsp3) is 0.440. The third kappa shape index (κ3) is 7.16. The fourth-order valence-corrected chi connectivity index (χ4v) is 3.84. The van der Waals surface area contributed by atoms with E-state index in [4.69, 9.17) is 16.3 Å². The highest BCUT2D eigenvalue weighted by molar-refractivity contribution is 6.34. The molecule has 0 aliphatic heterocycles. The summed E-state index contributed by atoms with van der Waals surface area (Å²) < 4.78 is 5.75. The molecule has 2 aromatic rings. The minimum absolute atomic E-state index is 0.0659. The summed E-state index contributed by atoms with van der Waals surface area (Å²) in [5, 5.41) is 9.38. The molecule has 3 rings (SSSR count). The number of carbonyl (C=O) groups excluding carboxylic acids is 2. The quantitative estimate of drug-likeness (QED) is 0.456. The third-order valence-corrected chi connectivity index (χ3v) is 5.98. The first-order valence-corrected chi connectivity index (χ1v) is 11.7. The van der Waals surface area contributed by atoms with Gasteiger partial charge in [0.05, 0.1) is 23.2 Å². The molecule has 1 aliphatic carbocycles. The van der Waals surface area contributed by atoms with Crippen LogP contribution in [0.15, 0.2) is 42.5 Å². The normalized spacial score (nSPS) is 15.0. The Hall–Kier alpha value is -2.73. The van der Waals surface area contributed by atoms with Crippen LogP contribution in [0.3, 0.4) is 0 Å². The number of nitrogens with one attached hydrogen (secondary N) is 3. The average Bonchev–Trinajstić information content (AvgIpc) is 2.80. The van der Waals surface area contributed by atoms with E-state index in [1.807, 2.05) is 31.2 Å². The van der Waals surface area contributed by atoms with Crippen molar-refractivity contribution in [3.05, 3.63) is 53.1 Å². The van der Waals surface area contributed by atoms with Gasteiger partial charge in [-0.15, -0.1) is 0 Å². The van der Waals surface area contributed by atoms with Crippen molar-refractivity contribution in [2.24, 2.45) is 0 Å². The van der Waals surface area contributed by atoms with Gasteiger partial charge in [-0.3, -0.25) is 9.59 Å². The van der Waals surface area contributed by atoms with Crippen LogP contribution in [0.1, 0.15) is 62.7 Å². The van der Waals surface area contributed by atoms with E-state index >= 15 is 0 Å². The maximum Gasteiger partial charge on any atom is 0.253 e. The lowest BCUT2D eigenvalue weighted by Crippen LogP contribution is -2.36. The van der Waals surface area contributed by atoms with Crippen LogP contribution in [0.2, 0.25) is 5.02 Å². The molecule has 1 atom stereocenters. The molecule has 0 spiro atoms. The number of halogens is 1. The minimum Gasteiger partial charge on any atom is -0.491 e. The van der Waals surface area contributed by atoms with E-state index in [1.54, 1.807) is 18.2 Å². The first kappa shape index (κ1) is 23.9. The maximum atomic E-state index is 12.7. The van der Waals surface area contributed by atoms with E-state index in [1.165, 1.54) is 6.42 Å². The zero-order chi connectivity index (χ0) is 22.9. The van der Waals surface area contributed by atoms with Crippen molar-refractivity contribution in [1.82, 2.24) is 5.32 Å².